The number of nitrogens with one attached hydrogen (secondary N) is 1. The van der Waals surface area contributed by atoms with Crippen LogP contribution in [-0.4, -0.2) is 23.6 Å². The molecule has 0 unspecified atom stereocenters. The number of ether oxygens (including phenoxy) is 1. The fourth-order valence-corrected chi connectivity index (χ4v) is 4.79. The average Bonchev–Trinajstić information content (AvgIpc) is 3.08. The van der Waals surface area contributed by atoms with Crippen molar-refractivity contribution in [2.45, 2.75) is 25.7 Å². The lowest BCUT2D eigenvalue weighted by Crippen LogP contribution is -2.21. The van der Waals surface area contributed by atoms with Crippen LogP contribution in [0.1, 0.15) is 39.2 Å². The average molecular weight is 406 g/mol. The summed E-state index contributed by atoms with van der Waals surface area (Å²) in [5.74, 6) is -1.50. The number of esters is 1. The van der Waals surface area contributed by atoms with Crippen LogP contribution in [0, 0.1) is 11.3 Å². The summed E-state index contributed by atoms with van der Waals surface area (Å²) in [4.78, 5) is 25.7. The van der Waals surface area contributed by atoms with Crippen molar-refractivity contribution < 1.29 is 19.4 Å². The SMILES string of the molecule is N#Cc1c(NC(=O)COC(=O)c2cc3ccccc3cc2O)sc2c1CCCC2. The number of carbonyl (C=O) groups excluding carboxylic acids is 2. The van der Waals surface area contributed by atoms with E-state index in [-0.39, 0.29) is 11.3 Å². The molecular formula is C22H18N2O4S. The maximum Gasteiger partial charge on any atom is 0.342 e. The number of phenolic OH excluding ortho intramolecular Hbond substituents is 1. The number of hydrogen-bond acceptors (Lipinski definition) is 6. The Balaban J connectivity index is 1.44. The summed E-state index contributed by atoms with van der Waals surface area (Å²) in [6.45, 7) is -0.501. The number of amides is 1. The van der Waals surface area contributed by atoms with E-state index in [1.165, 1.54) is 23.5 Å². The van der Waals surface area contributed by atoms with Gasteiger partial charge in [0.05, 0.1) is 5.56 Å². The summed E-state index contributed by atoms with van der Waals surface area (Å²) in [6.07, 6.45) is 3.89. The fraction of sp³-hybridized carbons (Fsp3) is 0.227. The van der Waals surface area contributed by atoms with Crippen molar-refractivity contribution in [1.29, 1.82) is 5.26 Å². The molecule has 0 saturated heterocycles. The molecule has 3 aromatic rings. The van der Waals surface area contributed by atoms with Crippen molar-refractivity contribution in [3.63, 3.8) is 0 Å². The number of phenols is 1. The summed E-state index contributed by atoms with van der Waals surface area (Å²) in [7, 11) is 0. The number of thiophene rings is 1. The van der Waals surface area contributed by atoms with Gasteiger partial charge >= 0.3 is 5.97 Å². The highest BCUT2D eigenvalue weighted by Gasteiger charge is 2.22. The zero-order valence-corrected chi connectivity index (χ0v) is 16.3. The fourth-order valence-electron chi connectivity index (χ4n) is 3.54. The van der Waals surface area contributed by atoms with E-state index in [1.807, 2.05) is 24.3 Å². The second-order valence-electron chi connectivity index (χ2n) is 6.87. The number of aromatic hydroxyl groups is 1. The Morgan fingerprint density at radius 1 is 1.17 bits per heavy atom. The monoisotopic (exact) mass is 406 g/mol. The molecule has 1 heterocycles. The molecule has 0 fully saturated rings. The minimum atomic E-state index is -0.783. The molecule has 7 heteroatoms. The summed E-state index contributed by atoms with van der Waals surface area (Å²) in [6, 6.07) is 12.5. The van der Waals surface area contributed by atoms with Crippen LogP contribution in [0.3, 0.4) is 0 Å². The van der Waals surface area contributed by atoms with Gasteiger partial charge in [0.25, 0.3) is 5.91 Å². The molecule has 2 aromatic carbocycles. The maximum absolute atomic E-state index is 12.3. The quantitative estimate of drug-likeness (QED) is 0.634. The molecule has 1 aromatic heterocycles. The number of carbonyl (C=O) groups is 2. The third kappa shape index (κ3) is 3.80. The molecule has 0 radical (unpaired) electrons. The third-order valence-corrected chi connectivity index (χ3v) is 6.16. The Kier molecular flexibility index (Phi) is 5.19. The van der Waals surface area contributed by atoms with E-state index in [0.717, 1.165) is 46.9 Å². The Hall–Kier alpha value is -3.37. The summed E-state index contributed by atoms with van der Waals surface area (Å²) >= 11 is 1.41. The lowest BCUT2D eigenvalue weighted by molar-refractivity contribution is -0.119. The highest BCUT2D eigenvalue weighted by Crippen LogP contribution is 2.37. The van der Waals surface area contributed by atoms with Gasteiger partial charge in [-0.15, -0.1) is 11.3 Å². The van der Waals surface area contributed by atoms with Gasteiger partial charge in [-0.05, 0) is 54.2 Å². The molecule has 6 nitrogen and oxygen atoms in total. The molecule has 0 saturated carbocycles. The summed E-state index contributed by atoms with van der Waals surface area (Å²) < 4.78 is 5.08. The molecule has 146 valence electrons. The normalized spacial score (nSPS) is 12.8. The largest absolute Gasteiger partial charge is 0.507 e. The molecule has 0 spiro atoms. The molecule has 2 N–H and O–H groups in total. The smallest absolute Gasteiger partial charge is 0.342 e. The highest BCUT2D eigenvalue weighted by molar-refractivity contribution is 7.16. The number of nitrogens with zero attached hydrogens (tertiary/aromatic N) is 1. The van der Waals surface area contributed by atoms with Gasteiger partial charge in [0.15, 0.2) is 6.61 Å². The Morgan fingerprint density at radius 3 is 2.66 bits per heavy atom. The predicted molar refractivity (Wildman–Crippen MR) is 110 cm³/mol. The van der Waals surface area contributed by atoms with Crippen molar-refractivity contribution in [3.8, 4) is 11.8 Å². The van der Waals surface area contributed by atoms with Crippen molar-refractivity contribution in [3.05, 3.63) is 58.0 Å². The topological polar surface area (TPSA) is 99.4 Å². The van der Waals surface area contributed by atoms with Gasteiger partial charge < -0.3 is 15.2 Å². The first kappa shape index (κ1) is 19.0. The van der Waals surface area contributed by atoms with E-state index in [1.54, 1.807) is 0 Å². The van der Waals surface area contributed by atoms with Crippen LogP contribution in [0.2, 0.25) is 0 Å². The zero-order chi connectivity index (χ0) is 20.4. The first-order valence-corrected chi connectivity index (χ1v) is 10.1. The molecule has 4 rings (SSSR count). The maximum atomic E-state index is 12.3. The van der Waals surface area contributed by atoms with Crippen molar-refractivity contribution in [2.24, 2.45) is 0 Å². The van der Waals surface area contributed by atoms with Crippen molar-refractivity contribution >= 4 is 39.0 Å². The van der Waals surface area contributed by atoms with Crippen LogP contribution in [-0.2, 0) is 22.4 Å². The van der Waals surface area contributed by atoms with E-state index >= 15 is 0 Å². The number of nitriles is 1. The molecule has 29 heavy (non-hydrogen) atoms. The highest BCUT2D eigenvalue weighted by atomic mass is 32.1. The van der Waals surface area contributed by atoms with Gasteiger partial charge in [-0.1, -0.05) is 24.3 Å². The van der Waals surface area contributed by atoms with E-state index in [9.17, 15) is 20.0 Å². The van der Waals surface area contributed by atoms with Crippen LogP contribution in [0.5, 0.6) is 5.75 Å². The standard InChI is InChI=1S/C22H18N2O4S/c23-11-17-15-7-3-4-8-19(15)29-21(17)24-20(26)12-28-22(27)16-9-13-5-1-2-6-14(13)10-18(16)25/h1-2,5-6,9-10,25H,3-4,7-8,12H2,(H,24,26). The van der Waals surface area contributed by atoms with Gasteiger partial charge in [-0.3, -0.25) is 4.79 Å². The van der Waals surface area contributed by atoms with Gasteiger partial charge in [-0.25, -0.2) is 4.79 Å². The lowest BCUT2D eigenvalue weighted by Gasteiger charge is -2.09. The number of benzene rings is 2. The van der Waals surface area contributed by atoms with E-state index in [2.05, 4.69) is 11.4 Å². The third-order valence-electron chi connectivity index (χ3n) is 4.95. The van der Waals surface area contributed by atoms with Crippen LogP contribution in [0.15, 0.2) is 36.4 Å². The number of fused-ring (bicyclic) bond motifs is 2. The molecule has 0 atom stereocenters. The summed E-state index contributed by atoms with van der Waals surface area (Å²) in [5.41, 5.74) is 1.54. The summed E-state index contributed by atoms with van der Waals surface area (Å²) in [5, 5.41) is 24.3. The number of rotatable bonds is 4. The number of anilines is 1. The first-order valence-electron chi connectivity index (χ1n) is 9.30. The van der Waals surface area contributed by atoms with Crippen LogP contribution < -0.4 is 5.32 Å². The first-order chi connectivity index (χ1) is 14.1. The second kappa shape index (κ2) is 7.94. The van der Waals surface area contributed by atoms with Crippen LogP contribution in [0.4, 0.5) is 5.00 Å². The van der Waals surface area contributed by atoms with Crippen molar-refractivity contribution in [2.75, 3.05) is 11.9 Å². The Labute approximate surface area is 171 Å². The number of hydrogen-bond donors (Lipinski definition) is 2. The minimum Gasteiger partial charge on any atom is -0.507 e. The zero-order valence-electron chi connectivity index (χ0n) is 15.5. The van der Waals surface area contributed by atoms with Crippen molar-refractivity contribution in [1.82, 2.24) is 0 Å². The van der Waals surface area contributed by atoms with E-state index in [0.29, 0.717) is 10.6 Å². The van der Waals surface area contributed by atoms with Crippen LogP contribution >= 0.6 is 11.3 Å². The molecule has 1 aliphatic carbocycles. The van der Waals surface area contributed by atoms with Gasteiger partial charge in [0.2, 0.25) is 0 Å². The van der Waals surface area contributed by atoms with E-state index in [4.69, 9.17) is 4.74 Å². The molecule has 1 amide bonds. The van der Waals surface area contributed by atoms with Gasteiger partial charge in [0.1, 0.15) is 22.4 Å². The molecule has 1 aliphatic rings. The lowest BCUT2D eigenvalue weighted by atomic mass is 9.96. The van der Waals surface area contributed by atoms with Crippen LogP contribution in [0.25, 0.3) is 10.8 Å². The molecular weight excluding hydrogens is 388 g/mol. The Bertz CT molecular complexity index is 1160. The van der Waals surface area contributed by atoms with Gasteiger partial charge in [-0.2, -0.15) is 5.26 Å². The minimum absolute atomic E-state index is 0.000742. The second-order valence-corrected chi connectivity index (χ2v) is 7.97. The van der Waals surface area contributed by atoms with E-state index < -0.39 is 18.5 Å². The molecule has 0 aliphatic heterocycles. The van der Waals surface area contributed by atoms with Gasteiger partial charge in [0, 0.05) is 4.88 Å². The molecule has 0 bridgehead atoms. The Morgan fingerprint density at radius 2 is 1.90 bits per heavy atom. The number of aryl methyl sites for hydroxylation is 1. The predicted octanol–water partition coefficient (Wildman–Crippen LogP) is 4.15.